The highest BCUT2D eigenvalue weighted by Gasteiger charge is 2.58. The second kappa shape index (κ2) is 2.14. The number of alkyl halides is 2. The van der Waals surface area contributed by atoms with E-state index in [0.29, 0.717) is 19.6 Å². The second-order valence-electron chi connectivity index (χ2n) is 3.39. The minimum Gasteiger partial charge on any atom is -0.381 e. The van der Waals surface area contributed by atoms with Gasteiger partial charge in [-0.1, -0.05) is 0 Å². The van der Waals surface area contributed by atoms with E-state index in [1.807, 2.05) is 0 Å². The van der Waals surface area contributed by atoms with E-state index < -0.39 is 11.3 Å². The van der Waals surface area contributed by atoms with Gasteiger partial charge in [-0.05, 0) is 6.42 Å². The molecule has 0 aliphatic carbocycles. The summed E-state index contributed by atoms with van der Waals surface area (Å²) in [6.45, 7) is 0.917. The zero-order valence-electron chi connectivity index (χ0n) is 6.20. The van der Waals surface area contributed by atoms with E-state index in [0.717, 1.165) is 0 Å². The molecule has 64 valence electrons. The maximum absolute atomic E-state index is 13.2. The van der Waals surface area contributed by atoms with Gasteiger partial charge in [-0.3, -0.25) is 0 Å². The maximum atomic E-state index is 13.2. The van der Waals surface area contributed by atoms with Gasteiger partial charge in [0.15, 0.2) is 0 Å². The molecule has 1 spiro atoms. The fraction of sp³-hybridized carbons (Fsp3) is 1.00. The molecule has 4 heteroatoms. The van der Waals surface area contributed by atoms with Crippen LogP contribution in [0.4, 0.5) is 8.78 Å². The Morgan fingerprint density at radius 1 is 1.27 bits per heavy atom. The normalized spacial score (nSPS) is 42.0. The fourth-order valence-electron chi connectivity index (χ4n) is 1.81. The van der Waals surface area contributed by atoms with Crippen molar-refractivity contribution in [3.8, 4) is 0 Å². The first-order chi connectivity index (χ1) is 5.16. The summed E-state index contributed by atoms with van der Waals surface area (Å²) in [7, 11) is 0. The van der Waals surface area contributed by atoms with Gasteiger partial charge >= 0.3 is 0 Å². The van der Waals surface area contributed by atoms with E-state index in [2.05, 4.69) is 5.32 Å². The van der Waals surface area contributed by atoms with Crippen molar-refractivity contribution in [3.63, 3.8) is 0 Å². The summed E-state index contributed by atoms with van der Waals surface area (Å²) in [5.74, 6) is -2.57. The van der Waals surface area contributed by atoms with Gasteiger partial charge in [0.1, 0.15) is 0 Å². The topological polar surface area (TPSA) is 21.3 Å². The number of halogens is 2. The van der Waals surface area contributed by atoms with Crippen LogP contribution in [0.25, 0.3) is 0 Å². The molecule has 0 radical (unpaired) electrons. The lowest BCUT2D eigenvalue weighted by atomic mass is 9.83. The molecule has 2 fully saturated rings. The highest BCUT2D eigenvalue weighted by molar-refractivity contribution is 5.02. The number of rotatable bonds is 0. The van der Waals surface area contributed by atoms with Crippen LogP contribution in [-0.2, 0) is 4.74 Å². The average molecular weight is 163 g/mol. The summed E-state index contributed by atoms with van der Waals surface area (Å²) in [5.41, 5.74) is -0.882. The first-order valence-corrected chi connectivity index (χ1v) is 3.83. The molecule has 2 heterocycles. The molecule has 2 aliphatic heterocycles. The average Bonchev–Trinajstić information content (AvgIpc) is 2.45. The molecule has 0 bridgehead atoms. The van der Waals surface area contributed by atoms with E-state index in [1.165, 1.54) is 0 Å². The molecule has 0 saturated carbocycles. The van der Waals surface area contributed by atoms with Crippen LogP contribution < -0.4 is 5.32 Å². The van der Waals surface area contributed by atoms with Crippen molar-refractivity contribution in [1.82, 2.24) is 5.32 Å². The van der Waals surface area contributed by atoms with Crippen LogP contribution in [0.5, 0.6) is 0 Å². The highest BCUT2D eigenvalue weighted by Crippen LogP contribution is 2.45. The van der Waals surface area contributed by atoms with Crippen LogP contribution >= 0.6 is 0 Å². The monoisotopic (exact) mass is 163 g/mol. The SMILES string of the molecule is FC1(F)CNCC12CCOC2. The number of hydrogen-bond acceptors (Lipinski definition) is 2. The summed E-state index contributed by atoms with van der Waals surface area (Å²) in [6, 6.07) is 0. The van der Waals surface area contributed by atoms with Crippen molar-refractivity contribution < 1.29 is 13.5 Å². The standard InChI is InChI=1S/C7H11F2NO/c8-7(9)4-10-3-6(7)1-2-11-5-6/h10H,1-5H2. The number of hydrogen-bond donors (Lipinski definition) is 1. The van der Waals surface area contributed by atoms with Crippen molar-refractivity contribution >= 4 is 0 Å². The zero-order chi connectivity index (χ0) is 7.95. The van der Waals surface area contributed by atoms with Gasteiger partial charge < -0.3 is 10.1 Å². The maximum Gasteiger partial charge on any atom is 0.269 e. The molecular weight excluding hydrogens is 152 g/mol. The summed E-state index contributed by atoms with van der Waals surface area (Å²) in [5, 5.41) is 2.72. The third-order valence-corrected chi connectivity index (χ3v) is 2.69. The molecule has 0 amide bonds. The lowest BCUT2D eigenvalue weighted by Crippen LogP contribution is -2.40. The van der Waals surface area contributed by atoms with Crippen molar-refractivity contribution in [2.75, 3.05) is 26.3 Å². The van der Waals surface area contributed by atoms with Crippen molar-refractivity contribution in [2.45, 2.75) is 12.3 Å². The minimum atomic E-state index is -2.57. The van der Waals surface area contributed by atoms with Crippen molar-refractivity contribution in [3.05, 3.63) is 0 Å². The molecule has 1 unspecified atom stereocenters. The largest absolute Gasteiger partial charge is 0.381 e. The van der Waals surface area contributed by atoms with Crippen LogP contribution in [0, 0.1) is 5.41 Å². The molecule has 2 saturated heterocycles. The van der Waals surface area contributed by atoms with Gasteiger partial charge in [0.2, 0.25) is 0 Å². The van der Waals surface area contributed by atoms with E-state index in [-0.39, 0.29) is 13.2 Å². The highest BCUT2D eigenvalue weighted by atomic mass is 19.3. The molecule has 1 atom stereocenters. The van der Waals surface area contributed by atoms with Crippen LogP contribution in [0.15, 0.2) is 0 Å². The Kier molecular flexibility index (Phi) is 1.44. The number of ether oxygens (including phenoxy) is 1. The van der Waals surface area contributed by atoms with Crippen LogP contribution in [0.3, 0.4) is 0 Å². The molecule has 2 rings (SSSR count). The molecule has 0 aromatic heterocycles. The van der Waals surface area contributed by atoms with E-state index in [9.17, 15) is 8.78 Å². The molecular formula is C7H11F2NO. The van der Waals surface area contributed by atoms with Gasteiger partial charge in [0, 0.05) is 13.2 Å². The zero-order valence-corrected chi connectivity index (χ0v) is 6.20. The van der Waals surface area contributed by atoms with Gasteiger partial charge in [-0.2, -0.15) is 0 Å². The lowest BCUT2D eigenvalue weighted by molar-refractivity contribution is -0.0841. The Balaban J connectivity index is 2.22. The van der Waals surface area contributed by atoms with Crippen molar-refractivity contribution in [1.29, 1.82) is 0 Å². The van der Waals surface area contributed by atoms with E-state index in [4.69, 9.17) is 4.74 Å². The van der Waals surface area contributed by atoms with Crippen molar-refractivity contribution in [2.24, 2.45) is 5.41 Å². The smallest absolute Gasteiger partial charge is 0.269 e. The van der Waals surface area contributed by atoms with Crippen LogP contribution in [0.2, 0.25) is 0 Å². The molecule has 0 aromatic rings. The predicted molar refractivity (Wildman–Crippen MR) is 35.7 cm³/mol. The van der Waals surface area contributed by atoms with Crippen LogP contribution in [-0.4, -0.2) is 32.2 Å². The Morgan fingerprint density at radius 3 is 2.55 bits per heavy atom. The number of nitrogens with one attached hydrogen (secondary N) is 1. The summed E-state index contributed by atoms with van der Waals surface area (Å²) < 4.78 is 31.3. The van der Waals surface area contributed by atoms with E-state index >= 15 is 0 Å². The summed E-state index contributed by atoms with van der Waals surface area (Å²) in [4.78, 5) is 0. The Labute approximate surface area is 63.9 Å². The lowest BCUT2D eigenvalue weighted by Gasteiger charge is -2.27. The Bertz CT molecular complexity index is 160. The van der Waals surface area contributed by atoms with Gasteiger partial charge in [-0.25, -0.2) is 8.78 Å². The van der Waals surface area contributed by atoms with Crippen LogP contribution in [0.1, 0.15) is 6.42 Å². The van der Waals surface area contributed by atoms with Gasteiger partial charge in [0.25, 0.3) is 5.92 Å². The predicted octanol–water partition coefficient (Wildman–Crippen LogP) is 0.632. The summed E-state index contributed by atoms with van der Waals surface area (Å²) >= 11 is 0. The molecule has 0 aromatic carbocycles. The van der Waals surface area contributed by atoms with E-state index in [1.54, 1.807) is 0 Å². The summed E-state index contributed by atoms with van der Waals surface area (Å²) in [6.07, 6.45) is 0.493. The first kappa shape index (κ1) is 7.43. The van der Waals surface area contributed by atoms with Gasteiger partial charge in [0.05, 0.1) is 18.6 Å². The molecule has 1 N–H and O–H groups in total. The molecule has 2 aliphatic rings. The molecule has 11 heavy (non-hydrogen) atoms. The minimum absolute atomic E-state index is 0.184. The Morgan fingerprint density at radius 2 is 2.09 bits per heavy atom. The molecule has 2 nitrogen and oxygen atoms in total. The third-order valence-electron chi connectivity index (χ3n) is 2.69. The second-order valence-corrected chi connectivity index (χ2v) is 3.39. The van der Waals surface area contributed by atoms with Gasteiger partial charge in [-0.15, -0.1) is 0 Å². The first-order valence-electron chi connectivity index (χ1n) is 3.83. The quantitative estimate of drug-likeness (QED) is 0.565. The fourth-order valence-corrected chi connectivity index (χ4v) is 1.81. The third kappa shape index (κ3) is 0.891. The Hall–Kier alpha value is -0.220.